The summed E-state index contributed by atoms with van der Waals surface area (Å²) in [4.78, 5) is 0. The van der Waals surface area contributed by atoms with Gasteiger partial charge in [0, 0.05) is 6.42 Å². The molecule has 1 atom stereocenters. The van der Waals surface area contributed by atoms with Gasteiger partial charge in [0.15, 0.2) is 0 Å². The Morgan fingerprint density at radius 1 is 1.38 bits per heavy atom. The molecule has 0 spiro atoms. The Hall–Kier alpha value is -1.02. The maximum atomic E-state index is 10.2. The summed E-state index contributed by atoms with van der Waals surface area (Å²) in [7, 11) is 1.67. The molecule has 0 amide bonds. The minimum Gasteiger partial charge on any atom is -0.496 e. The lowest BCUT2D eigenvalue weighted by molar-refractivity contribution is 0.0499. The van der Waals surface area contributed by atoms with Crippen molar-refractivity contribution >= 4 is 0 Å². The van der Waals surface area contributed by atoms with Gasteiger partial charge < -0.3 is 9.84 Å². The van der Waals surface area contributed by atoms with E-state index >= 15 is 0 Å². The largest absolute Gasteiger partial charge is 0.496 e. The summed E-state index contributed by atoms with van der Waals surface area (Å²) in [6.07, 6.45) is 2.44. The van der Waals surface area contributed by atoms with Crippen LogP contribution in [-0.4, -0.2) is 17.8 Å². The molecule has 0 heterocycles. The summed E-state index contributed by atoms with van der Waals surface area (Å²) in [5.74, 6) is 0.863. The summed E-state index contributed by atoms with van der Waals surface area (Å²) < 4.78 is 5.31. The lowest BCUT2D eigenvalue weighted by atomic mass is 9.91. The summed E-state index contributed by atoms with van der Waals surface area (Å²) >= 11 is 0. The molecule has 1 unspecified atom stereocenters. The fourth-order valence-electron chi connectivity index (χ4n) is 2.08. The molecule has 0 saturated carbocycles. The maximum Gasteiger partial charge on any atom is 0.122 e. The predicted octanol–water partition coefficient (Wildman–Crippen LogP) is 3.10. The Bertz CT molecular complexity index is 343. The van der Waals surface area contributed by atoms with Crippen LogP contribution in [0.25, 0.3) is 0 Å². The van der Waals surface area contributed by atoms with Crippen LogP contribution in [-0.2, 0) is 6.42 Å². The molecule has 0 aliphatic carbocycles. The van der Waals surface area contributed by atoms with Gasteiger partial charge in [-0.1, -0.05) is 31.0 Å². The maximum absolute atomic E-state index is 10.2. The lowest BCUT2D eigenvalue weighted by Crippen LogP contribution is -2.27. The fourth-order valence-corrected chi connectivity index (χ4v) is 2.08. The smallest absolute Gasteiger partial charge is 0.122 e. The second kappa shape index (κ2) is 5.35. The number of methoxy groups -OCH3 is 1. The predicted molar refractivity (Wildman–Crippen MR) is 67.0 cm³/mol. The van der Waals surface area contributed by atoms with Gasteiger partial charge in [0.25, 0.3) is 0 Å². The molecular formula is C14H22O2. The van der Waals surface area contributed by atoms with Gasteiger partial charge in [-0.2, -0.15) is 0 Å². The van der Waals surface area contributed by atoms with Crippen molar-refractivity contribution in [2.75, 3.05) is 7.11 Å². The van der Waals surface area contributed by atoms with E-state index < -0.39 is 5.60 Å². The van der Waals surface area contributed by atoms with Crippen LogP contribution in [0.15, 0.2) is 18.2 Å². The number of aryl methyl sites for hydroxylation is 1. The van der Waals surface area contributed by atoms with Gasteiger partial charge in [-0.25, -0.2) is 0 Å². The van der Waals surface area contributed by atoms with Crippen molar-refractivity contribution in [3.8, 4) is 5.75 Å². The van der Waals surface area contributed by atoms with Gasteiger partial charge in [0.1, 0.15) is 5.75 Å². The number of aliphatic hydroxyl groups is 1. The van der Waals surface area contributed by atoms with Gasteiger partial charge in [0.2, 0.25) is 0 Å². The Kier molecular flexibility index (Phi) is 4.36. The first-order valence-corrected chi connectivity index (χ1v) is 5.84. The average molecular weight is 222 g/mol. The Labute approximate surface area is 98.3 Å². The molecule has 0 aromatic heterocycles. The van der Waals surface area contributed by atoms with Crippen molar-refractivity contribution in [2.24, 2.45) is 0 Å². The molecule has 2 heteroatoms. The molecule has 2 nitrogen and oxygen atoms in total. The summed E-state index contributed by atoms with van der Waals surface area (Å²) in [6, 6.07) is 6.08. The molecule has 1 aromatic rings. The van der Waals surface area contributed by atoms with Crippen LogP contribution in [0.3, 0.4) is 0 Å². The summed E-state index contributed by atoms with van der Waals surface area (Å²) in [5, 5.41) is 10.2. The molecule has 1 rings (SSSR count). The Morgan fingerprint density at radius 3 is 2.62 bits per heavy atom. The van der Waals surface area contributed by atoms with Crippen molar-refractivity contribution in [1.82, 2.24) is 0 Å². The first-order chi connectivity index (χ1) is 7.48. The van der Waals surface area contributed by atoms with E-state index in [1.54, 1.807) is 7.11 Å². The molecule has 0 aliphatic rings. The highest BCUT2D eigenvalue weighted by molar-refractivity contribution is 5.37. The Balaban J connectivity index is 2.90. The van der Waals surface area contributed by atoms with E-state index in [0.717, 1.165) is 24.2 Å². The second-order valence-corrected chi connectivity index (χ2v) is 4.74. The molecule has 16 heavy (non-hydrogen) atoms. The van der Waals surface area contributed by atoms with Crippen LogP contribution in [0.5, 0.6) is 5.75 Å². The number of benzene rings is 1. The molecule has 0 aliphatic heterocycles. The third-order valence-corrected chi connectivity index (χ3v) is 2.80. The highest BCUT2D eigenvalue weighted by Gasteiger charge is 2.21. The third-order valence-electron chi connectivity index (χ3n) is 2.80. The van der Waals surface area contributed by atoms with E-state index in [-0.39, 0.29) is 0 Å². The summed E-state index contributed by atoms with van der Waals surface area (Å²) in [6.45, 7) is 6.03. The molecule has 1 aromatic carbocycles. The molecule has 0 fully saturated rings. The topological polar surface area (TPSA) is 29.5 Å². The highest BCUT2D eigenvalue weighted by atomic mass is 16.5. The van der Waals surface area contributed by atoms with Crippen molar-refractivity contribution in [3.05, 3.63) is 29.3 Å². The van der Waals surface area contributed by atoms with E-state index in [9.17, 15) is 5.11 Å². The molecule has 90 valence electrons. The molecular weight excluding hydrogens is 200 g/mol. The van der Waals surface area contributed by atoms with E-state index in [0.29, 0.717) is 6.42 Å². The highest BCUT2D eigenvalue weighted by Crippen LogP contribution is 2.26. The van der Waals surface area contributed by atoms with Gasteiger partial charge in [-0.15, -0.1) is 0 Å². The van der Waals surface area contributed by atoms with Gasteiger partial charge in [-0.3, -0.25) is 0 Å². The van der Waals surface area contributed by atoms with E-state index in [1.165, 1.54) is 5.56 Å². The zero-order valence-electron chi connectivity index (χ0n) is 10.7. The number of hydrogen-bond donors (Lipinski definition) is 1. The van der Waals surface area contributed by atoms with Gasteiger partial charge >= 0.3 is 0 Å². The quantitative estimate of drug-likeness (QED) is 0.829. The van der Waals surface area contributed by atoms with E-state index in [4.69, 9.17) is 4.74 Å². The molecule has 0 radical (unpaired) electrons. The van der Waals surface area contributed by atoms with E-state index in [2.05, 4.69) is 19.9 Å². The molecule has 0 saturated heterocycles. The first kappa shape index (κ1) is 13.0. The van der Waals surface area contributed by atoms with E-state index in [1.807, 2.05) is 19.1 Å². The van der Waals surface area contributed by atoms with Gasteiger partial charge in [0.05, 0.1) is 12.7 Å². The van der Waals surface area contributed by atoms with Crippen molar-refractivity contribution in [3.63, 3.8) is 0 Å². The SMILES string of the molecule is CCCC(C)(O)Cc1cc(C)ccc1OC. The minimum absolute atomic E-state index is 0.643. The van der Waals surface area contributed by atoms with Gasteiger partial charge in [-0.05, 0) is 31.9 Å². The monoisotopic (exact) mass is 222 g/mol. The van der Waals surface area contributed by atoms with Crippen LogP contribution in [0.1, 0.15) is 37.8 Å². The van der Waals surface area contributed by atoms with Crippen molar-refractivity contribution in [1.29, 1.82) is 0 Å². The zero-order valence-corrected chi connectivity index (χ0v) is 10.7. The van der Waals surface area contributed by atoms with Crippen molar-refractivity contribution in [2.45, 2.75) is 45.6 Å². The van der Waals surface area contributed by atoms with Crippen LogP contribution in [0.4, 0.5) is 0 Å². The van der Waals surface area contributed by atoms with Crippen LogP contribution >= 0.6 is 0 Å². The minimum atomic E-state index is -0.643. The Morgan fingerprint density at radius 2 is 2.06 bits per heavy atom. The third kappa shape index (κ3) is 3.53. The molecule has 0 bridgehead atoms. The van der Waals surface area contributed by atoms with Crippen molar-refractivity contribution < 1.29 is 9.84 Å². The summed E-state index contributed by atoms with van der Waals surface area (Å²) in [5.41, 5.74) is 1.64. The normalized spacial score (nSPS) is 14.6. The second-order valence-electron chi connectivity index (χ2n) is 4.74. The number of ether oxygens (including phenoxy) is 1. The molecule has 1 N–H and O–H groups in total. The van der Waals surface area contributed by atoms with Crippen LogP contribution in [0, 0.1) is 6.92 Å². The lowest BCUT2D eigenvalue weighted by Gasteiger charge is -2.24. The average Bonchev–Trinajstić information content (AvgIpc) is 2.17. The number of hydrogen-bond acceptors (Lipinski definition) is 2. The number of rotatable bonds is 5. The van der Waals surface area contributed by atoms with Crippen LogP contribution in [0.2, 0.25) is 0 Å². The fraction of sp³-hybridized carbons (Fsp3) is 0.571. The van der Waals surface area contributed by atoms with Crippen LogP contribution < -0.4 is 4.74 Å². The first-order valence-electron chi connectivity index (χ1n) is 5.84. The zero-order chi connectivity index (χ0) is 12.2. The standard InChI is InChI=1S/C14H22O2/c1-5-8-14(3,15)10-12-9-11(2)6-7-13(12)16-4/h6-7,9,15H,5,8,10H2,1-4H3.